The number of aliphatic hydroxyl groups excluding tert-OH is 2. The van der Waals surface area contributed by atoms with Gasteiger partial charge in [-0.25, -0.2) is 4.79 Å². The number of rotatable bonds is 8. The Hall–Kier alpha value is -2.24. The van der Waals surface area contributed by atoms with Crippen molar-refractivity contribution >= 4 is 7.60 Å². The number of nitrogens with one attached hydrogen (secondary N) is 1. The van der Waals surface area contributed by atoms with Gasteiger partial charge in [-0.2, -0.15) is 0 Å². The predicted octanol–water partition coefficient (Wildman–Crippen LogP) is 0.574. The van der Waals surface area contributed by atoms with Gasteiger partial charge in [0.15, 0.2) is 12.0 Å². The van der Waals surface area contributed by atoms with Crippen LogP contribution in [0.15, 0.2) is 38.9 Å². The molecule has 4 atom stereocenters. The zero-order valence-electron chi connectivity index (χ0n) is 15.0. The third kappa shape index (κ3) is 4.42. The number of nitrogens with zero attached hydrogens (tertiary/aromatic N) is 4. The minimum atomic E-state index is -3.74. The fourth-order valence-electron chi connectivity index (χ4n) is 2.59. The van der Waals surface area contributed by atoms with E-state index in [4.69, 9.17) is 19.3 Å². The van der Waals surface area contributed by atoms with Gasteiger partial charge in [-0.05, 0) is 25.5 Å². The largest absolute Gasteiger partial charge is 0.387 e. The molecular weight excluding hydrogens is 397 g/mol. The summed E-state index contributed by atoms with van der Waals surface area (Å²) in [5.41, 5.74) is 5.08. The molecule has 0 saturated carbocycles. The van der Waals surface area contributed by atoms with E-state index in [1.807, 2.05) is 4.98 Å². The molecule has 0 radical (unpaired) electrons. The predicted molar refractivity (Wildman–Crippen MR) is 95.3 cm³/mol. The third-order valence-corrected chi connectivity index (χ3v) is 5.54. The summed E-state index contributed by atoms with van der Waals surface area (Å²) >= 11 is 0. The molecule has 0 aliphatic carbocycles. The highest BCUT2D eigenvalue weighted by Gasteiger charge is 2.54. The van der Waals surface area contributed by atoms with Crippen molar-refractivity contribution < 1.29 is 28.6 Å². The Morgan fingerprint density at radius 1 is 1.43 bits per heavy atom. The summed E-state index contributed by atoms with van der Waals surface area (Å²) < 4.78 is 29.0. The number of hydrogen-bond acceptors (Lipinski definition) is 9. The maximum absolute atomic E-state index is 12.6. The summed E-state index contributed by atoms with van der Waals surface area (Å²) in [5.74, 6) is 0.947. The second-order valence-electron chi connectivity index (χ2n) is 5.59. The van der Waals surface area contributed by atoms with Crippen molar-refractivity contribution in [2.24, 2.45) is 5.11 Å². The number of ether oxygens (including phenoxy) is 1. The quantitative estimate of drug-likeness (QED) is 0.237. The maximum atomic E-state index is 12.6. The lowest BCUT2D eigenvalue weighted by Crippen LogP contribution is -2.40. The lowest BCUT2D eigenvalue weighted by Gasteiger charge is -2.23. The molecule has 2 rings (SSSR count). The molecule has 1 aliphatic rings. The van der Waals surface area contributed by atoms with Gasteiger partial charge in [-0.3, -0.25) is 18.9 Å². The van der Waals surface area contributed by atoms with Crippen LogP contribution in [0, 0.1) is 0 Å². The second kappa shape index (κ2) is 8.84. The lowest BCUT2D eigenvalue weighted by atomic mass is 10.1. The number of aromatic nitrogens is 2. The Kier molecular flexibility index (Phi) is 6.96. The van der Waals surface area contributed by atoms with Crippen molar-refractivity contribution in [1.29, 1.82) is 0 Å². The molecule has 0 aromatic carbocycles. The fraction of sp³-hybridized carbons (Fsp3) is 0.571. The molecule has 3 N–H and O–H groups in total. The summed E-state index contributed by atoms with van der Waals surface area (Å²) in [6.07, 6.45) is -3.07. The first-order valence-electron chi connectivity index (χ1n) is 8.22. The average molecular weight is 417 g/mol. The van der Waals surface area contributed by atoms with Crippen LogP contribution in [0.4, 0.5) is 0 Å². The first-order chi connectivity index (χ1) is 13.2. The summed E-state index contributed by atoms with van der Waals surface area (Å²) in [5, 5.41) is 24.1. The second-order valence-corrected chi connectivity index (χ2v) is 7.49. The highest BCUT2D eigenvalue weighted by atomic mass is 31.2. The van der Waals surface area contributed by atoms with Gasteiger partial charge in [-0.1, -0.05) is 5.11 Å². The van der Waals surface area contributed by atoms with Gasteiger partial charge >= 0.3 is 13.3 Å². The van der Waals surface area contributed by atoms with Gasteiger partial charge in [-0.15, -0.1) is 0 Å². The van der Waals surface area contributed by atoms with Crippen LogP contribution in [0.25, 0.3) is 10.4 Å². The molecule has 0 bridgehead atoms. The molecule has 0 spiro atoms. The molecule has 1 fully saturated rings. The zero-order chi connectivity index (χ0) is 20.9. The highest BCUT2D eigenvalue weighted by molar-refractivity contribution is 7.57. The summed E-state index contributed by atoms with van der Waals surface area (Å²) in [4.78, 5) is 27.7. The highest BCUT2D eigenvalue weighted by Crippen LogP contribution is 2.51. The molecule has 1 saturated heterocycles. The molecule has 1 aromatic rings. The van der Waals surface area contributed by atoms with Crippen LogP contribution >= 0.6 is 7.60 Å². The van der Waals surface area contributed by atoms with E-state index in [1.54, 1.807) is 13.8 Å². The monoisotopic (exact) mass is 417 g/mol. The van der Waals surface area contributed by atoms with Crippen molar-refractivity contribution in [1.82, 2.24) is 9.55 Å². The number of H-pyrrole nitrogens is 1. The van der Waals surface area contributed by atoms with Gasteiger partial charge in [0.25, 0.3) is 5.56 Å². The molecule has 0 amide bonds. The molecular formula is C14H20N5O8P. The molecule has 154 valence electrons. The number of azide groups is 1. The Bertz CT molecular complexity index is 928. The van der Waals surface area contributed by atoms with Gasteiger partial charge in [0.05, 0.1) is 13.2 Å². The minimum absolute atomic E-state index is 0.0531. The Morgan fingerprint density at radius 2 is 2.07 bits per heavy atom. The molecule has 2 heterocycles. The summed E-state index contributed by atoms with van der Waals surface area (Å²) in [7, 11) is -3.74. The van der Waals surface area contributed by atoms with E-state index in [-0.39, 0.29) is 13.2 Å². The number of hydrogen-bond donors (Lipinski definition) is 3. The van der Waals surface area contributed by atoms with E-state index in [1.165, 1.54) is 0 Å². The van der Waals surface area contributed by atoms with Crippen LogP contribution in [-0.2, 0) is 18.3 Å². The standard InChI is InChI=1S/C14H20N5O8P/c1-3-25-28(24,26-4-2)8-6-14(17-18-15)11(22)10(21)12(27-14)19-7-5-9(20)16-13(19)23/h5-8,10-12,21-22H,3-4H2,1-2H3,(H,16,20,23)/b8-6+/t10-,11+,12-,14?/m1/s1. The lowest BCUT2D eigenvalue weighted by molar-refractivity contribution is -0.0730. The first-order valence-corrected chi connectivity index (χ1v) is 9.84. The Morgan fingerprint density at radius 3 is 2.61 bits per heavy atom. The van der Waals surface area contributed by atoms with Crippen molar-refractivity contribution in [3.63, 3.8) is 0 Å². The summed E-state index contributed by atoms with van der Waals surface area (Å²) in [6.45, 7) is 3.28. The van der Waals surface area contributed by atoms with E-state index in [2.05, 4.69) is 10.0 Å². The zero-order valence-corrected chi connectivity index (χ0v) is 15.9. The molecule has 28 heavy (non-hydrogen) atoms. The van der Waals surface area contributed by atoms with Gasteiger partial charge in [0.1, 0.15) is 12.2 Å². The first kappa shape index (κ1) is 22.1. The molecule has 1 unspecified atom stereocenters. The van der Waals surface area contributed by atoms with E-state index in [9.17, 15) is 24.4 Å². The van der Waals surface area contributed by atoms with Gasteiger partial charge in [0, 0.05) is 23.0 Å². The van der Waals surface area contributed by atoms with Crippen LogP contribution in [-0.4, -0.2) is 50.9 Å². The SMILES string of the molecule is CCOP(=O)(/C=C/C1(N=[N+]=[N-])O[C@@H](n2ccc(=O)[nH]c2=O)[C@H](O)[C@@H]1O)OCC. The maximum Gasteiger partial charge on any atom is 0.353 e. The van der Waals surface area contributed by atoms with E-state index in [0.717, 1.165) is 28.7 Å². The van der Waals surface area contributed by atoms with E-state index >= 15 is 0 Å². The fourth-order valence-corrected chi connectivity index (χ4v) is 3.95. The normalized spacial score (nSPS) is 27.8. The van der Waals surface area contributed by atoms with Crippen LogP contribution < -0.4 is 11.2 Å². The van der Waals surface area contributed by atoms with Crippen molar-refractivity contribution in [2.45, 2.75) is 38.0 Å². The van der Waals surface area contributed by atoms with Gasteiger partial charge in [0.2, 0.25) is 0 Å². The van der Waals surface area contributed by atoms with Crippen LogP contribution in [0.1, 0.15) is 20.1 Å². The minimum Gasteiger partial charge on any atom is -0.387 e. The van der Waals surface area contributed by atoms with Crippen LogP contribution in [0.2, 0.25) is 0 Å². The van der Waals surface area contributed by atoms with Crippen molar-refractivity contribution in [3.8, 4) is 0 Å². The van der Waals surface area contributed by atoms with Crippen molar-refractivity contribution in [3.05, 3.63) is 55.4 Å². The number of aliphatic hydroxyl groups is 2. The molecule has 1 aliphatic heterocycles. The molecule has 14 heteroatoms. The van der Waals surface area contributed by atoms with Crippen LogP contribution in [0.5, 0.6) is 0 Å². The Balaban J connectivity index is 2.47. The number of aromatic amines is 1. The van der Waals surface area contributed by atoms with Crippen molar-refractivity contribution in [2.75, 3.05) is 13.2 Å². The van der Waals surface area contributed by atoms with E-state index in [0.29, 0.717) is 0 Å². The average Bonchev–Trinajstić information content (AvgIpc) is 2.87. The smallest absolute Gasteiger partial charge is 0.353 e. The summed E-state index contributed by atoms with van der Waals surface area (Å²) in [6, 6.07) is 1.01. The molecule has 1 aromatic heterocycles. The third-order valence-electron chi connectivity index (χ3n) is 3.79. The van der Waals surface area contributed by atoms with Gasteiger partial charge < -0.3 is 24.0 Å². The molecule has 13 nitrogen and oxygen atoms in total. The topological polar surface area (TPSA) is 189 Å². The Labute approximate surface area is 158 Å². The van der Waals surface area contributed by atoms with E-state index < -0.39 is 43.0 Å². The van der Waals surface area contributed by atoms with Crippen LogP contribution in [0.3, 0.4) is 0 Å².